The Bertz CT molecular complexity index is 901. The van der Waals surface area contributed by atoms with Crippen molar-refractivity contribution in [3.63, 3.8) is 0 Å². The number of aryl methyl sites for hydroxylation is 1. The van der Waals surface area contributed by atoms with E-state index in [1.54, 1.807) is 24.3 Å². The van der Waals surface area contributed by atoms with Gasteiger partial charge in [0.2, 0.25) is 5.91 Å². The van der Waals surface area contributed by atoms with Gasteiger partial charge in [-0.15, -0.1) is 0 Å². The van der Waals surface area contributed by atoms with E-state index in [2.05, 4.69) is 10.3 Å². The van der Waals surface area contributed by atoms with Gasteiger partial charge in [0.25, 0.3) is 5.56 Å². The summed E-state index contributed by atoms with van der Waals surface area (Å²) >= 11 is 5.80. The van der Waals surface area contributed by atoms with E-state index in [0.717, 1.165) is 10.9 Å². The maximum atomic E-state index is 12.0. The van der Waals surface area contributed by atoms with Crippen molar-refractivity contribution in [2.45, 2.75) is 12.8 Å². The van der Waals surface area contributed by atoms with Crippen LogP contribution in [0.3, 0.4) is 0 Å². The molecule has 0 saturated heterocycles. The Kier molecular flexibility index (Phi) is 4.44. The van der Waals surface area contributed by atoms with Crippen molar-refractivity contribution in [2.75, 3.05) is 5.32 Å². The number of carbonyl (C=O) groups excluding carboxylic acids is 1. The predicted octanol–water partition coefficient (Wildman–Crippen LogP) is 3.75. The smallest absolute Gasteiger partial charge is 0.251 e. The van der Waals surface area contributed by atoms with Gasteiger partial charge in [0.15, 0.2) is 0 Å². The quantitative estimate of drug-likeness (QED) is 0.767. The van der Waals surface area contributed by atoms with Gasteiger partial charge in [0, 0.05) is 28.2 Å². The van der Waals surface area contributed by atoms with Gasteiger partial charge < -0.3 is 10.3 Å². The summed E-state index contributed by atoms with van der Waals surface area (Å²) in [6.07, 6.45) is 0.629. The Balaban J connectivity index is 1.68. The molecular weight excluding hydrogens is 312 g/mol. The van der Waals surface area contributed by atoms with Crippen LogP contribution in [-0.2, 0) is 11.2 Å². The molecule has 0 spiro atoms. The lowest BCUT2D eigenvalue weighted by molar-refractivity contribution is -0.116. The minimum Gasteiger partial charge on any atom is -0.326 e. The highest BCUT2D eigenvalue weighted by Gasteiger charge is 2.07. The molecule has 116 valence electrons. The van der Waals surface area contributed by atoms with Gasteiger partial charge in [-0.05, 0) is 48.2 Å². The van der Waals surface area contributed by atoms with Crippen molar-refractivity contribution in [1.82, 2.24) is 4.98 Å². The summed E-state index contributed by atoms with van der Waals surface area (Å²) in [4.78, 5) is 26.9. The highest BCUT2D eigenvalue weighted by molar-refractivity contribution is 6.30. The van der Waals surface area contributed by atoms with E-state index < -0.39 is 0 Å². The lowest BCUT2D eigenvalue weighted by atomic mass is 10.1. The second-order valence-electron chi connectivity index (χ2n) is 5.27. The topological polar surface area (TPSA) is 62.0 Å². The number of nitrogens with one attached hydrogen (secondary N) is 2. The summed E-state index contributed by atoms with van der Waals surface area (Å²) in [6.45, 7) is 0. The summed E-state index contributed by atoms with van der Waals surface area (Å²) in [7, 11) is 0. The van der Waals surface area contributed by atoms with Crippen LogP contribution >= 0.6 is 11.6 Å². The first kappa shape index (κ1) is 15.3. The molecule has 1 heterocycles. The minimum atomic E-state index is -0.150. The van der Waals surface area contributed by atoms with Gasteiger partial charge in [-0.25, -0.2) is 0 Å². The highest BCUT2D eigenvalue weighted by Crippen LogP contribution is 2.14. The third kappa shape index (κ3) is 3.79. The number of hydrogen-bond acceptors (Lipinski definition) is 2. The minimum absolute atomic E-state index is 0.139. The number of amides is 1. The average molecular weight is 327 g/mol. The number of aromatic amines is 1. The molecule has 0 atom stereocenters. The fourth-order valence-corrected chi connectivity index (χ4v) is 2.51. The Morgan fingerprint density at radius 3 is 2.61 bits per heavy atom. The standard InChI is InChI=1S/C18H15ClN2O2/c19-14-6-8-15(9-7-14)20-17(22)10-5-13-11-12-3-1-2-4-16(12)21-18(13)23/h1-4,6-9,11H,5,10H2,(H,20,22)(H,21,23). The van der Waals surface area contributed by atoms with Crippen LogP contribution in [0.1, 0.15) is 12.0 Å². The van der Waals surface area contributed by atoms with Gasteiger partial charge in [0.05, 0.1) is 0 Å². The molecule has 0 saturated carbocycles. The Labute approximate surface area is 138 Å². The van der Waals surface area contributed by atoms with Crippen molar-refractivity contribution in [2.24, 2.45) is 0 Å². The first-order chi connectivity index (χ1) is 11.1. The molecule has 4 nitrogen and oxygen atoms in total. The predicted molar refractivity (Wildman–Crippen MR) is 93.0 cm³/mol. The Hall–Kier alpha value is -2.59. The lowest BCUT2D eigenvalue weighted by Crippen LogP contribution is -2.17. The zero-order chi connectivity index (χ0) is 16.2. The molecule has 0 radical (unpaired) electrons. The van der Waals surface area contributed by atoms with Crippen molar-refractivity contribution in [1.29, 1.82) is 0 Å². The van der Waals surface area contributed by atoms with Crippen LogP contribution in [0.2, 0.25) is 5.02 Å². The number of aromatic nitrogens is 1. The molecule has 1 aromatic heterocycles. The van der Waals surface area contributed by atoms with Crippen LogP contribution in [0, 0.1) is 0 Å². The molecule has 3 rings (SSSR count). The van der Waals surface area contributed by atoms with E-state index in [9.17, 15) is 9.59 Å². The van der Waals surface area contributed by atoms with Gasteiger partial charge in [-0.2, -0.15) is 0 Å². The van der Waals surface area contributed by atoms with Crippen molar-refractivity contribution in [3.05, 3.63) is 75.5 Å². The molecule has 0 unspecified atom stereocenters. The first-order valence-corrected chi connectivity index (χ1v) is 7.66. The molecule has 2 aromatic carbocycles. The van der Waals surface area contributed by atoms with Gasteiger partial charge in [-0.3, -0.25) is 9.59 Å². The highest BCUT2D eigenvalue weighted by atomic mass is 35.5. The normalized spacial score (nSPS) is 10.7. The molecule has 23 heavy (non-hydrogen) atoms. The van der Waals surface area contributed by atoms with E-state index in [1.807, 2.05) is 30.3 Å². The number of hydrogen-bond donors (Lipinski definition) is 2. The Morgan fingerprint density at radius 1 is 1.09 bits per heavy atom. The van der Waals surface area contributed by atoms with Gasteiger partial charge in [0.1, 0.15) is 0 Å². The van der Waals surface area contributed by atoms with Crippen LogP contribution < -0.4 is 10.9 Å². The summed E-state index contributed by atoms with van der Waals surface area (Å²) < 4.78 is 0. The first-order valence-electron chi connectivity index (χ1n) is 7.28. The summed E-state index contributed by atoms with van der Waals surface area (Å²) in [6, 6.07) is 16.3. The van der Waals surface area contributed by atoms with Crippen LogP contribution in [0.25, 0.3) is 10.9 Å². The number of rotatable bonds is 4. The molecule has 0 aliphatic carbocycles. The fraction of sp³-hybridized carbons (Fsp3) is 0.111. The number of fused-ring (bicyclic) bond motifs is 1. The number of halogens is 1. The third-order valence-corrected chi connectivity index (χ3v) is 3.83. The number of anilines is 1. The van der Waals surface area contributed by atoms with Crippen LogP contribution in [0.4, 0.5) is 5.69 Å². The average Bonchev–Trinajstić information content (AvgIpc) is 2.55. The van der Waals surface area contributed by atoms with E-state index >= 15 is 0 Å². The maximum absolute atomic E-state index is 12.0. The summed E-state index contributed by atoms with van der Waals surface area (Å²) in [5, 5.41) is 4.36. The molecule has 0 aliphatic heterocycles. The van der Waals surface area contributed by atoms with Crippen molar-refractivity contribution in [3.8, 4) is 0 Å². The zero-order valence-corrected chi connectivity index (χ0v) is 13.1. The largest absolute Gasteiger partial charge is 0.326 e. The molecule has 0 aliphatic rings. The lowest BCUT2D eigenvalue weighted by Gasteiger charge is -2.06. The molecular formula is C18H15ClN2O2. The second-order valence-corrected chi connectivity index (χ2v) is 5.70. The molecule has 5 heteroatoms. The molecule has 2 N–H and O–H groups in total. The second kappa shape index (κ2) is 6.67. The summed E-state index contributed by atoms with van der Waals surface area (Å²) in [5.41, 5.74) is 1.94. The number of H-pyrrole nitrogens is 1. The SMILES string of the molecule is O=C(CCc1cc2ccccc2[nH]c1=O)Nc1ccc(Cl)cc1. The zero-order valence-electron chi connectivity index (χ0n) is 12.3. The molecule has 3 aromatic rings. The van der Waals surface area contributed by atoms with E-state index in [1.165, 1.54) is 0 Å². The van der Waals surface area contributed by atoms with E-state index in [4.69, 9.17) is 11.6 Å². The van der Waals surface area contributed by atoms with Crippen LogP contribution in [-0.4, -0.2) is 10.9 Å². The van der Waals surface area contributed by atoms with Crippen LogP contribution in [0.5, 0.6) is 0 Å². The number of para-hydroxylation sites is 1. The van der Waals surface area contributed by atoms with Gasteiger partial charge in [-0.1, -0.05) is 29.8 Å². The fourth-order valence-electron chi connectivity index (χ4n) is 2.38. The summed E-state index contributed by atoms with van der Waals surface area (Å²) in [5.74, 6) is -0.139. The Morgan fingerprint density at radius 2 is 1.83 bits per heavy atom. The van der Waals surface area contributed by atoms with Crippen molar-refractivity contribution >= 4 is 34.1 Å². The number of pyridine rings is 1. The van der Waals surface area contributed by atoms with E-state index in [0.29, 0.717) is 22.7 Å². The maximum Gasteiger partial charge on any atom is 0.251 e. The van der Waals surface area contributed by atoms with E-state index in [-0.39, 0.29) is 17.9 Å². The number of carbonyl (C=O) groups is 1. The third-order valence-electron chi connectivity index (χ3n) is 3.58. The molecule has 0 fully saturated rings. The van der Waals surface area contributed by atoms with Crippen LogP contribution in [0.15, 0.2) is 59.4 Å². The van der Waals surface area contributed by atoms with Gasteiger partial charge >= 0.3 is 0 Å². The molecule has 1 amide bonds. The monoisotopic (exact) mass is 326 g/mol. The number of benzene rings is 2. The van der Waals surface area contributed by atoms with Crippen molar-refractivity contribution < 1.29 is 4.79 Å². The molecule has 0 bridgehead atoms.